The number of nitrogens with zero attached hydrogens (tertiary/aromatic N) is 3. The van der Waals surface area contributed by atoms with E-state index in [0.717, 1.165) is 0 Å². The minimum absolute atomic E-state index is 0.0740. The fourth-order valence-electron chi connectivity index (χ4n) is 3.94. The molecule has 5 N–H and O–H groups in total. The van der Waals surface area contributed by atoms with Crippen molar-refractivity contribution < 1.29 is 20.1 Å². The molecule has 0 aromatic carbocycles. The second-order valence-electron chi connectivity index (χ2n) is 7.45. The van der Waals surface area contributed by atoms with E-state index in [4.69, 9.17) is 16.3 Å². The Morgan fingerprint density at radius 1 is 1.23 bits per heavy atom. The molecule has 0 saturated heterocycles. The summed E-state index contributed by atoms with van der Waals surface area (Å²) in [5.41, 5.74) is -1.81. The van der Waals surface area contributed by atoms with Crippen LogP contribution in [-0.4, -0.2) is 61.9 Å². The summed E-state index contributed by atoms with van der Waals surface area (Å²) < 4.78 is 5.10. The largest absolute Gasteiger partial charge is 0.481 e. The van der Waals surface area contributed by atoms with Gasteiger partial charge in [0.1, 0.15) is 11.2 Å². The average molecular weight is 432 g/mol. The summed E-state index contributed by atoms with van der Waals surface area (Å²) in [4.78, 5) is 12.8. The zero-order valence-corrected chi connectivity index (χ0v) is 17.4. The van der Waals surface area contributed by atoms with Crippen molar-refractivity contribution in [2.24, 2.45) is 5.92 Å². The lowest BCUT2D eigenvalue weighted by molar-refractivity contribution is -0.0852. The number of hydrogen-bond donors (Lipinski definition) is 5. The number of nitrogens with one attached hydrogen (secondary N) is 2. The van der Waals surface area contributed by atoms with Crippen LogP contribution in [0.1, 0.15) is 29.7 Å². The predicted octanol–water partition coefficient (Wildman–Crippen LogP) is 0.900. The van der Waals surface area contributed by atoms with Crippen molar-refractivity contribution in [2.75, 3.05) is 24.8 Å². The Bertz CT molecular complexity index is 1070. The Morgan fingerprint density at radius 2 is 2.00 bits per heavy atom. The summed E-state index contributed by atoms with van der Waals surface area (Å²) >= 11 is 6.35. The minimum Gasteiger partial charge on any atom is -0.481 e. The van der Waals surface area contributed by atoms with Crippen molar-refractivity contribution in [2.45, 2.75) is 37.2 Å². The molecule has 2 saturated carbocycles. The quantitative estimate of drug-likeness (QED) is 0.272. The van der Waals surface area contributed by atoms with Gasteiger partial charge in [-0.1, -0.05) is 23.4 Å². The normalized spacial score (nSPS) is 28.9. The van der Waals surface area contributed by atoms with E-state index in [2.05, 4.69) is 37.4 Å². The molecule has 2 aliphatic carbocycles. The van der Waals surface area contributed by atoms with Crippen LogP contribution in [0.3, 0.4) is 0 Å². The van der Waals surface area contributed by atoms with E-state index < -0.39 is 17.4 Å². The molecule has 9 nitrogen and oxygen atoms in total. The van der Waals surface area contributed by atoms with E-state index in [1.807, 2.05) is 0 Å². The third-order valence-corrected chi connectivity index (χ3v) is 6.05. The van der Waals surface area contributed by atoms with Crippen molar-refractivity contribution in [1.29, 1.82) is 0 Å². The maximum atomic E-state index is 11.0. The highest BCUT2D eigenvalue weighted by Gasteiger charge is 2.78. The lowest BCUT2D eigenvalue weighted by Gasteiger charge is -2.32. The van der Waals surface area contributed by atoms with Gasteiger partial charge in [0.05, 0.1) is 18.9 Å². The number of ether oxygens (including phenoxy) is 1. The molecule has 0 radical (unpaired) electrons. The van der Waals surface area contributed by atoms with E-state index in [1.54, 1.807) is 26.1 Å². The van der Waals surface area contributed by atoms with Crippen molar-refractivity contribution in [3.05, 3.63) is 34.1 Å². The second kappa shape index (κ2) is 7.25. The van der Waals surface area contributed by atoms with Crippen LogP contribution in [0.5, 0.6) is 5.88 Å². The number of aromatic nitrogens is 3. The number of halogens is 1. The van der Waals surface area contributed by atoms with Gasteiger partial charge in [-0.05, 0) is 25.8 Å². The fourth-order valence-corrected chi connectivity index (χ4v) is 4.15. The maximum absolute atomic E-state index is 11.0. The van der Waals surface area contributed by atoms with Crippen LogP contribution in [0.15, 0.2) is 12.1 Å². The molecule has 2 heterocycles. The second-order valence-corrected chi connectivity index (χ2v) is 7.81. The third-order valence-electron chi connectivity index (χ3n) is 5.77. The smallest absolute Gasteiger partial charge is 0.225 e. The first-order valence-corrected chi connectivity index (χ1v) is 9.81. The molecule has 0 bridgehead atoms. The van der Waals surface area contributed by atoms with Crippen LogP contribution in [0.4, 0.5) is 11.8 Å². The van der Waals surface area contributed by atoms with Gasteiger partial charge in [-0.2, -0.15) is 9.97 Å². The van der Waals surface area contributed by atoms with Crippen LogP contribution < -0.4 is 15.4 Å². The highest BCUT2D eigenvalue weighted by atomic mass is 35.5. The van der Waals surface area contributed by atoms with E-state index in [1.165, 1.54) is 7.11 Å². The molecule has 0 amide bonds. The lowest BCUT2D eigenvalue weighted by Crippen LogP contribution is -2.51. The summed E-state index contributed by atoms with van der Waals surface area (Å²) in [6.07, 6.45) is -0.264. The average Bonchev–Trinajstić information content (AvgIpc) is 3.15. The van der Waals surface area contributed by atoms with Crippen molar-refractivity contribution in [3.8, 4) is 17.7 Å². The SMILES string of the molecule is CNc1nc(Cl)c(C#Cc2ccc(OC)nc2C)c(NC2(O)CCC3C(O)C32O)n1. The summed E-state index contributed by atoms with van der Waals surface area (Å²) in [6, 6.07) is 3.47. The highest BCUT2D eigenvalue weighted by Crippen LogP contribution is 2.60. The molecular formula is C20H22ClN5O4. The van der Waals surface area contributed by atoms with Crippen LogP contribution in [0, 0.1) is 24.7 Å². The van der Waals surface area contributed by atoms with Gasteiger partial charge in [0.15, 0.2) is 16.7 Å². The zero-order valence-electron chi connectivity index (χ0n) is 16.7. The van der Waals surface area contributed by atoms with Crippen molar-refractivity contribution in [1.82, 2.24) is 15.0 Å². The highest BCUT2D eigenvalue weighted by molar-refractivity contribution is 6.31. The van der Waals surface area contributed by atoms with Gasteiger partial charge >= 0.3 is 0 Å². The number of fused-ring (bicyclic) bond motifs is 1. The first kappa shape index (κ1) is 20.6. The standard InChI is InChI=1S/C20H22ClN5O4/c1-10-11(5-7-14(23-10)30-3)4-6-12-16(21)24-18(22-2)25-17(12)26-19(28)9-8-13-15(27)20(13,19)29/h5,7,13,15,27-29H,8-9H2,1-3H3,(H2,22,24,25,26). The topological polar surface area (TPSA) is 133 Å². The van der Waals surface area contributed by atoms with Crippen molar-refractivity contribution in [3.63, 3.8) is 0 Å². The van der Waals surface area contributed by atoms with Gasteiger partial charge in [0.25, 0.3) is 0 Å². The molecule has 0 spiro atoms. The molecule has 10 heteroatoms. The fraction of sp³-hybridized carbons (Fsp3) is 0.450. The number of aryl methyl sites for hydroxylation is 1. The van der Waals surface area contributed by atoms with Gasteiger partial charge < -0.3 is 30.7 Å². The van der Waals surface area contributed by atoms with Crippen LogP contribution >= 0.6 is 11.6 Å². The van der Waals surface area contributed by atoms with Gasteiger partial charge in [0, 0.05) is 24.6 Å². The predicted molar refractivity (Wildman–Crippen MR) is 110 cm³/mol. The van der Waals surface area contributed by atoms with Crippen LogP contribution in [0.2, 0.25) is 5.15 Å². The third kappa shape index (κ3) is 3.13. The van der Waals surface area contributed by atoms with Crippen LogP contribution in [-0.2, 0) is 0 Å². The molecule has 4 atom stereocenters. The summed E-state index contributed by atoms with van der Waals surface area (Å²) in [5, 5.41) is 37.5. The van der Waals surface area contributed by atoms with Gasteiger partial charge in [-0.3, -0.25) is 0 Å². The monoisotopic (exact) mass is 431 g/mol. The van der Waals surface area contributed by atoms with Gasteiger partial charge in [0.2, 0.25) is 11.8 Å². The van der Waals surface area contributed by atoms with E-state index in [-0.39, 0.29) is 34.8 Å². The number of anilines is 2. The Labute approximate surface area is 178 Å². The molecular weight excluding hydrogens is 410 g/mol. The number of pyridine rings is 1. The molecule has 2 aliphatic rings. The molecule has 0 aliphatic heterocycles. The minimum atomic E-state index is -1.76. The molecule has 4 rings (SSSR count). The molecule has 2 aromatic rings. The molecule has 158 valence electrons. The van der Waals surface area contributed by atoms with Gasteiger partial charge in [-0.25, -0.2) is 4.98 Å². The summed E-state index contributed by atoms with van der Waals surface area (Å²) in [6.45, 7) is 1.80. The maximum Gasteiger partial charge on any atom is 0.225 e. The summed E-state index contributed by atoms with van der Waals surface area (Å²) in [7, 11) is 3.17. The molecule has 4 unspecified atom stereocenters. The summed E-state index contributed by atoms with van der Waals surface area (Å²) in [5.74, 6) is 6.41. The van der Waals surface area contributed by atoms with Gasteiger partial charge in [-0.15, -0.1) is 0 Å². The Kier molecular flexibility index (Phi) is 4.98. The first-order chi connectivity index (χ1) is 14.2. The number of aliphatic hydroxyl groups is 3. The molecule has 2 aromatic heterocycles. The number of hydrogen-bond acceptors (Lipinski definition) is 9. The van der Waals surface area contributed by atoms with E-state index in [0.29, 0.717) is 23.6 Å². The number of rotatable bonds is 4. The number of aliphatic hydroxyl groups excluding tert-OH is 1. The van der Waals surface area contributed by atoms with Crippen molar-refractivity contribution >= 4 is 23.4 Å². The van der Waals surface area contributed by atoms with E-state index >= 15 is 0 Å². The Morgan fingerprint density at radius 3 is 2.60 bits per heavy atom. The molecule has 2 fully saturated rings. The molecule has 30 heavy (non-hydrogen) atoms. The number of methoxy groups -OCH3 is 1. The first-order valence-electron chi connectivity index (χ1n) is 9.43. The lowest BCUT2D eigenvalue weighted by atomic mass is 10.0. The van der Waals surface area contributed by atoms with Crippen LogP contribution in [0.25, 0.3) is 0 Å². The Balaban J connectivity index is 1.73. The Hall–Kier alpha value is -2.64. The zero-order chi connectivity index (χ0) is 21.7. The van der Waals surface area contributed by atoms with E-state index in [9.17, 15) is 15.3 Å².